The van der Waals surface area contributed by atoms with Crippen molar-refractivity contribution < 1.29 is 0 Å². The third-order valence-electron chi connectivity index (χ3n) is 5.29. The summed E-state index contributed by atoms with van der Waals surface area (Å²) in [5.74, 6) is 0. The maximum atomic E-state index is 12.6. The Morgan fingerprint density at radius 1 is 1.21 bits per heavy atom. The molecule has 2 aromatic rings. The molecule has 0 aromatic carbocycles. The fourth-order valence-corrected chi connectivity index (χ4v) is 3.78. The van der Waals surface area contributed by atoms with E-state index in [4.69, 9.17) is 0 Å². The van der Waals surface area contributed by atoms with Gasteiger partial charge in [0, 0.05) is 26.7 Å². The minimum Gasteiger partial charge on any atom is -0.328 e. The fourth-order valence-electron chi connectivity index (χ4n) is 3.78. The van der Waals surface area contributed by atoms with Crippen molar-refractivity contribution >= 4 is 11.2 Å². The molecule has 0 atom stereocenters. The molecule has 0 N–H and O–H groups in total. The highest BCUT2D eigenvalue weighted by Gasteiger charge is 2.18. The van der Waals surface area contributed by atoms with Gasteiger partial charge in [-0.1, -0.05) is 19.3 Å². The van der Waals surface area contributed by atoms with Gasteiger partial charge in [0.2, 0.25) is 0 Å². The fraction of sp³-hybridized carbons (Fsp3) is 0.706. The van der Waals surface area contributed by atoms with Gasteiger partial charge in [-0.3, -0.25) is 13.9 Å². The Hall–Kier alpha value is -1.89. The molecule has 132 valence electrons. The van der Waals surface area contributed by atoms with Crippen molar-refractivity contribution in [2.45, 2.75) is 51.1 Å². The molecule has 0 aliphatic heterocycles. The molecule has 0 radical (unpaired) electrons. The molecule has 7 heteroatoms. The molecule has 0 bridgehead atoms. The number of hydrogen-bond acceptors (Lipinski definition) is 4. The molecule has 2 aromatic heterocycles. The van der Waals surface area contributed by atoms with Gasteiger partial charge in [0.25, 0.3) is 5.56 Å². The predicted molar refractivity (Wildman–Crippen MR) is 94.3 cm³/mol. The number of aryl methyl sites for hydroxylation is 2. The van der Waals surface area contributed by atoms with Crippen LogP contribution in [0, 0.1) is 0 Å². The summed E-state index contributed by atoms with van der Waals surface area (Å²) in [4.78, 5) is 31.6. The first-order valence-electron chi connectivity index (χ1n) is 8.82. The Morgan fingerprint density at radius 2 is 1.92 bits per heavy atom. The average Bonchev–Trinajstić information content (AvgIpc) is 2.98. The van der Waals surface area contributed by atoms with E-state index in [0.29, 0.717) is 23.8 Å². The number of imidazole rings is 1. The molecule has 1 aliphatic rings. The minimum absolute atomic E-state index is 0.242. The molecule has 0 saturated heterocycles. The van der Waals surface area contributed by atoms with E-state index >= 15 is 0 Å². The zero-order valence-corrected chi connectivity index (χ0v) is 14.9. The Morgan fingerprint density at radius 3 is 2.62 bits per heavy atom. The van der Waals surface area contributed by atoms with Gasteiger partial charge in [0.05, 0.1) is 6.33 Å². The molecule has 1 aliphatic carbocycles. The van der Waals surface area contributed by atoms with Crippen LogP contribution in [0.1, 0.15) is 38.5 Å². The van der Waals surface area contributed by atoms with Crippen LogP contribution >= 0.6 is 0 Å². The third-order valence-corrected chi connectivity index (χ3v) is 5.29. The topological polar surface area (TPSA) is 65.1 Å². The summed E-state index contributed by atoms with van der Waals surface area (Å²) in [6.07, 6.45) is 8.87. The first-order valence-corrected chi connectivity index (χ1v) is 8.82. The third kappa shape index (κ3) is 3.05. The van der Waals surface area contributed by atoms with E-state index in [1.807, 2.05) is 0 Å². The quantitative estimate of drug-likeness (QED) is 0.821. The first-order chi connectivity index (χ1) is 11.5. The summed E-state index contributed by atoms with van der Waals surface area (Å²) in [7, 11) is 5.60. The summed E-state index contributed by atoms with van der Waals surface area (Å²) in [6, 6.07) is 0.651. The van der Waals surface area contributed by atoms with E-state index in [-0.39, 0.29) is 11.2 Å². The van der Waals surface area contributed by atoms with Crippen molar-refractivity contribution in [1.29, 1.82) is 0 Å². The molecule has 2 heterocycles. The molecule has 1 fully saturated rings. The lowest BCUT2D eigenvalue weighted by Gasteiger charge is -2.31. The van der Waals surface area contributed by atoms with Gasteiger partial charge in [-0.25, -0.2) is 9.78 Å². The molecular weight excluding hydrogens is 306 g/mol. The van der Waals surface area contributed by atoms with Crippen LogP contribution in [0.2, 0.25) is 0 Å². The standard InChI is InChI=1S/C17H27N5O2/c1-19(13-8-5-4-6-9-13)10-7-11-22-16(23)14-15(18-12-20(14)2)21(3)17(22)24/h12-13H,4-11H2,1-3H3. The average molecular weight is 333 g/mol. The van der Waals surface area contributed by atoms with Crippen molar-refractivity contribution in [1.82, 2.24) is 23.6 Å². The smallest absolute Gasteiger partial charge is 0.328 e. The number of fused-ring (bicyclic) bond motifs is 1. The molecule has 1 saturated carbocycles. The highest BCUT2D eigenvalue weighted by atomic mass is 16.2. The van der Waals surface area contributed by atoms with Crippen molar-refractivity contribution in [3.8, 4) is 0 Å². The maximum absolute atomic E-state index is 12.6. The molecule has 7 nitrogen and oxygen atoms in total. The van der Waals surface area contributed by atoms with Crippen LogP contribution in [0.15, 0.2) is 15.9 Å². The monoisotopic (exact) mass is 333 g/mol. The zero-order valence-electron chi connectivity index (χ0n) is 14.9. The van der Waals surface area contributed by atoms with Gasteiger partial charge >= 0.3 is 5.69 Å². The highest BCUT2D eigenvalue weighted by Crippen LogP contribution is 2.21. The van der Waals surface area contributed by atoms with Crippen LogP contribution in [0.25, 0.3) is 11.2 Å². The van der Waals surface area contributed by atoms with Gasteiger partial charge in [0.1, 0.15) is 0 Å². The Bertz CT molecular complexity index is 826. The lowest BCUT2D eigenvalue weighted by Crippen LogP contribution is -2.41. The van der Waals surface area contributed by atoms with Gasteiger partial charge in [-0.2, -0.15) is 0 Å². The van der Waals surface area contributed by atoms with E-state index in [2.05, 4.69) is 16.9 Å². The summed E-state index contributed by atoms with van der Waals surface area (Å²) < 4.78 is 4.49. The Balaban J connectivity index is 1.74. The molecule has 3 rings (SSSR count). The van der Waals surface area contributed by atoms with Gasteiger partial charge in [0.15, 0.2) is 11.2 Å². The van der Waals surface area contributed by atoms with Crippen LogP contribution in [-0.4, -0.2) is 43.2 Å². The zero-order chi connectivity index (χ0) is 17.3. The van der Waals surface area contributed by atoms with Crippen LogP contribution in [-0.2, 0) is 20.6 Å². The van der Waals surface area contributed by atoms with Crippen molar-refractivity contribution in [3.05, 3.63) is 27.2 Å². The summed E-state index contributed by atoms with van der Waals surface area (Å²) in [6.45, 7) is 1.35. The first kappa shape index (κ1) is 17.0. The van der Waals surface area contributed by atoms with E-state index in [1.165, 1.54) is 41.2 Å². The number of rotatable bonds is 5. The van der Waals surface area contributed by atoms with Crippen molar-refractivity contribution in [3.63, 3.8) is 0 Å². The molecule has 0 unspecified atom stereocenters. The van der Waals surface area contributed by atoms with Gasteiger partial charge in [-0.15, -0.1) is 0 Å². The molecule has 24 heavy (non-hydrogen) atoms. The largest absolute Gasteiger partial charge is 0.332 e. The highest BCUT2D eigenvalue weighted by molar-refractivity contribution is 5.69. The normalized spacial score (nSPS) is 16.3. The van der Waals surface area contributed by atoms with Crippen LogP contribution < -0.4 is 11.2 Å². The van der Waals surface area contributed by atoms with E-state index in [1.54, 1.807) is 25.0 Å². The van der Waals surface area contributed by atoms with Crippen LogP contribution in [0.3, 0.4) is 0 Å². The van der Waals surface area contributed by atoms with Gasteiger partial charge < -0.3 is 9.47 Å². The Kier molecular flexibility index (Phi) is 4.89. The SMILES string of the molecule is CN(CCCn1c(=O)c2c(ncn2C)n(C)c1=O)C1CCCCC1. The lowest BCUT2D eigenvalue weighted by molar-refractivity contribution is 0.187. The van der Waals surface area contributed by atoms with Gasteiger partial charge in [-0.05, 0) is 32.9 Å². The molecule has 0 amide bonds. The summed E-state index contributed by atoms with van der Waals surface area (Å²) >= 11 is 0. The maximum Gasteiger partial charge on any atom is 0.332 e. The number of hydrogen-bond donors (Lipinski definition) is 0. The second-order valence-corrected chi connectivity index (χ2v) is 6.95. The summed E-state index contributed by atoms with van der Waals surface area (Å²) in [5.41, 5.74) is 0.403. The van der Waals surface area contributed by atoms with E-state index < -0.39 is 0 Å². The lowest BCUT2D eigenvalue weighted by atomic mass is 9.94. The van der Waals surface area contributed by atoms with E-state index in [0.717, 1.165) is 13.0 Å². The van der Waals surface area contributed by atoms with Crippen molar-refractivity contribution in [2.24, 2.45) is 14.1 Å². The number of nitrogens with zero attached hydrogens (tertiary/aromatic N) is 5. The van der Waals surface area contributed by atoms with Crippen molar-refractivity contribution in [2.75, 3.05) is 13.6 Å². The van der Waals surface area contributed by atoms with Crippen LogP contribution in [0.5, 0.6) is 0 Å². The van der Waals surface area contributed by atoms with Crippen LogP contribution in [0.4, 0.5) is 0 Å². The summed E-state index contributed by atoms with van der Waals surface area (Å²) in [5, 5.41) is 0. The predicted octanol–water partition coefficient (Wildman–Crippen LogP) is 1.09. The molecule has 0 spiro atoms. The minimum atomic E-state index is -0.286. The number of aromatic nitrogens is 4. The van der Waals surface area contributed by atoms with E-state index in [9.17, 15) is 9.59 Å². The second-order valence-electron chi connectivity index (χ2n) is 6.95. The Labute approximate surface area is 141 Å². The molecular formula is C17H27N5O2. The second kappa shape index (κ2) is 6.93.